The summed E-state index contributed by atoms with van der Waals surface area (Å²) in [5, 5.41) is 3.54. The van der Waals surface area contributed by atoms with Crippen LogP contribution in [0.4, 0.5) is 0 Å². The molecule has 0 radical (unpaired) electrons. The molecule has 1 unspecified atom stereocenters. The zero-order valence-electron chi connectivity index (χ0n) is 13.6. The maximum atomic E-state index is 5.71. The van der Waals surface area contributed by atoms with E-state index < -0.39 is 0 Å². The third-order valence-electron chi connectivity index (χ3n) is 5.09. The lowest BCUT2D eigenvalue weighted by Crippen LogP contribution is -2.29. The maximum absolute atomic E-state index is 5.71. The predicted octanol–water partition coefficient (Wildman–Crippen LogP) is 4.40. The highest BCUT2D eigenvalue weighted by atomic mass is 16.5. The fraction of sp³-hybridized carbons (Fsp3) is 0.667. The Hall–Kier alpha value is -1.02. The van der Waals surface area contributed by atoms with Crippen LogP contribution in [0.5, 0.6) is 5.75 Å². The van der Waals surface area contributed by atoms with Gasteiger partial charge in [0.1, 0.15) is 5.75 Å². The second kappa shape index (κ2) is 6.62. The molecule has 1 aromatic carbocycles. The van der Waals surface area contributed by atoms with Crippen LogP contribution in [0.2, 0.25) is 0 Å². The van der Waals surface area contributed by atoms with Crippen molar-refractivity contribution < 1.29 is 4.74 Å². The van der Waals surface area contributed by atoms with E-state index in [1.54, 1.807) is 7.11 Å². The van der Waals surface area contributed by atoms with Crippen molar-refractivity contribution in [3.05, 3.63) is 28.8 Å². The molecule has 0 aromatic heterocycles. The van der Waals surface area contributed by atoms with E-state index in [9.17, 15) is 0 Å². The summed E-state index contributed by atoms with van der Waals surface area (Å²) in [5.41, 5.74) is 3.91. The number of nitrogens with one attached hydrogen (secondary N) is 1. The van der Waals surface area contributed by atoms with E-state index >= 15 is 0 Å². The van der Waals surface area contributed by atoms with Crippen molar-refractivity contribution in [2.45, 2.75) is 52.5 Å². The van der Waals surface area contributed by atoms with E-state index in [1.807, 2.05) is 0 Å². The normalized spacial score (nSPS) is 24.4. The van der Waals surface area contributed by atoms with E-state index in [0.717, 1.165) is 17.6 Å². The second-order valence-electron chi connectivity index (χ2n) is 6.42. The standard InChI is InChI=1S/C18H29NO/c1-12-6-9-15(10-7-12)17(19-4)16-11-8-13(2)14(3)18(16)20-5/h8,11-12,15,17,19H,6-7,9-10H2,1-5H3. The summed E-state index contributed by atoms with van der Waals surface area (Å²) in [6.45, 7) is 6.69. The number of hydrogen-bond donors (Lipinski definition) is 1. The molecule has 1 aliphatic carbocycles. The van der Waals surface area contributed by atoms with Crippen LogP contribution in [0.25, 0.3) is 0 Å². The van der Waals surface area contributed by atoms with Gasteiger partial charge in [-0.3, -0.25) is 0 Å². The summed E-state index contributed by atoms with van der Waals surface area (Å²) in [4.78, 5) is 0. The fourth-order valence-corrected chi connectivity index (χ4v) is 3.59. The van der Waals surface area contributed by atoms with Gasteiger partial charge < -0.3 is 10.1 Å². The van der Waals surface area contributed by atoms with Crippen molar-refractivity contribution in [1.29, 1.82) is 0 Å². The molecule has 2 nitrogen and oxygen atoms in total. The summed E-state index contributed by atoms with van der Waals surface area (Å²) < 4.78 is 5.71. The third kappa shape index (κ3) is 3.01. The number of ether oxygens (including phenoxy) is 1. The first-order valence-electron chi connectivity index (χ1n) is 7.89. The molecule has 0 saturated heterocycles. The fourth-order valence-electron chi connectivity index (χ4n) is 3.59. The van der Waals surface area contributed by atoms with Gasteiger partial charge in [0.2, 0.25) is 0 Å². The summed E-state index contributed by atoms with van der Waals surface area (Å²) in [6, 6.07) is 4.89. The number of aryl methyl sites for hydroxylation is 1. The Morgan fingerprint density at radius 2 is 1.80 bits per heavy atom. The highest BCUT2D eigenvalue weighted by Crippen LogP contribution is 2.40. The van der Waals surface area contributed by atoms with Gasteiger partial charge in [-0.2, -0.15) is 0 Å². The SMILES string of the molecule is CNC(c1ccc(C)c(C)c1OC)C1CCC(C)CC1. The zero-order chi connectivity index (χ0) is 14.7. The van der Waals surface area contributed by atoms with Gasteiger partial charge in [0.15, 0.2) is 0 Å². The zero-order valence-corrected chi connectivity index (χ0v) is 13.6. The third-order valence-corrected chi connectivity index (χ3v) is 5.09. The molecule has 2 heteroatoms. The number of hydrogen-bond acceptors (Lipinski definition) is 2. The molecule has 0 heterocycles. The molecule has 0 bridgehead atoms. The van der Waals surface area contributed by atoms with Gasteiger partial charge in [-0.15, -0.1) is 0 Å². The summed E-state index contributed by atoms with van der Waals surface area (Å²) >= 11 is 0. The highest BCUT2D eigenvalue weighted by Gasteiger charge is 2.28. The van der Waals surface area contributed by atoms with Crippen molar-refractivity contribution in [3.63, 3.8) is 0 Å². The van der Waals surface area contributed by atoms with Gasteiger partial charge in [-0.1, -0.05) is 31.9 Å². The van der Waals surface area contributed by atoms with Crippen LogP contribution in [0, 0.1) is 25.7 Å². The van der Waals surface area contributed by atoms with Gasteiger partial charge in [0.25, 0.3) is 0 Å². The van der Waals surface area contributed by atoms with Crippen molar-refractivity contribution in [1.82, 2.24) is 5.32 Å². The minimum Gasteiger partial charge on any atom is -0.496 e. The largest absolute Gasteiger partial charge is 0.496 e. The molecule has 1 saturated carbocycles. The quantitative estimate of drug-likeness (QED) is 0.879. The predicted molar refractivity (Wildman–Crippen MR) is 85.4 cm³/mol. The summed E-state index contributed by atoms with van der Waals surface area (Å²) in [6.07, 6.45) is 5.36. The molecule has 0 amide bonds. The molecule has 112 valence electrons. The Morgan fingerprint density at radius 3 is 2.35 bits per heavy atom. The first-order valence-corrected chi connectivity index (χ1v) is 7.89. The van der Waals surface area contributed by atoms with Crippen LogP contribution in [0.15, 0.2) is 12.1 Å². The van der Waals surface area contributed by atoms with Crippen LogP contribution in [0.1, 0.15) is 55.3 Å². The van der Waals surface area contributed by atoms with E-state index in [1.165, 1.54) is 42.4 Å². The van der Waals surface area contributed by atoms with Crippen LogP contribution in [-0.4, -0.2) is 14.2 Å². The lowest BCUT2D eigenvalue weighted by atomic mass is 9.77. The van der Waals surface area contributed by atoms with Gasteiger partial charge in [0, 0.05) is 11.6 Å². The lowest BCUT2D eigenvalue weighted by molar-refractivity contribution is 0.234. The Labute approximate surface area is 123 Å². The Morgan fingerprint density at radius 1 is 1.15 bits per heavy atom. The van der Waals surface area contributed by atoms with E-state index in [2.05, 4.69) is 45.3 Å². The lowest BCUT2D eigenvalue weighted by Gasteiger charge is -2.34. The molecule has 1 fully saturated rings. The highest BCUT2D eigenvalue weighted by molar-refractivity contribution is 5.47. The van der Waals surface area contributed by atoms with Gasteiger partial charge in [-0.25, -0.2) is 0 Å². The van der Waals surface area contributed by atoms with Crippen LogP contribution in [0.3, 0.4) is 0 Å². The van der Waals surface area contributed by atoms with Gasteiger partial charge >= 0.3 is 0 Å². The molecule has 20 heavy (non-hydrogen) atoms. The first kappa shape index (κ1) is 15.4. The maximum Gasteiger partial charge on any atom is 0.126 e. The molecule has 0 spiro atoms. The van der Waals surface area contributed by atoms with Gasteiger partial charge in [0.05, 0.1) is 7.11 Å². The monoisotopic (exact) mass is 275 g/mol. The molecule has 1 aromatic rings. The first-order chi connectivity index (χ1) is 9.58. The number of methoxy groups -OCH3 is 1. The van der Waals surface area contributed by atoms with Crippen molar-refractivity contribution in [3.8, 4) is 5.75 Å². The van der Waals surface area contributed by atoms with Crippen molar-refractivity contribution >= 4 is 0 Å². The molecular weight excluding hydrogens is 246 g/mol. The van der Waals surface area contributed by atoms with Crippen LogP contribution < -0.4 is 10.1 Å². The summed E-state index contributed by atoms with van der Waals surface area (Å²) in [5.74, 6) is 2.69. The topological polar surface area (TPSA) is 21.3 Å². The smallest absolute Gasteiger partial charge is 0.126 e. The molecule has 1 N–H and O–H groups in total. The Bertz CT molecular complexity index is 447. The average molecular weight is 275 g/mol. The van der Waals surface area contributed by atoms with Crippen molar-refractivity contribution in [2.24, 2.45) is 11.8 Å². The molecule has 0 aliphatic heterocycles. The number of benzene rings is 1. The van der Waals surface area contributed by atoms with E-state index in [-0.39, 0.29) is 0 Å². The molecule has 2 rings (SSSR count). The molecular formula is C18H29NO. The second-order valence-corrected chi connectivity index (χ2v) is 6.42. The van der Waals surface area contributed by atoms with Crippen LogP contribution >= 0.6 is 0 Å². The minimum absolute atomic E-state index is 0.414. The summed E-state index contributed by atoms with van der Waals surface area (Å²) in [7, 11) is 3.87. The number of rotatable bonds is 4. The van der Waals surface area contributed by atoms with E-state index in [0.29, 0.717) is 6.04 Å². The van der Waals surface area contributed by atoms with E-state index in [4.69, 9.17) is 4.74 Å². The molecule has 1 aliphatic rings. The Balaban J connectivity index is 2.30. The van der Waals surface area contributed by atoms with Crippen molar-refractivity contribution in [2.75, 3.05) is 14.2 Å². The average Bonchev–Trinajstić information content (AvgIpc) is 2.45. The van der Waals surface area contributed by atoms with Crippen LogP contribution in [-0.2, 0) is 0 Å². The minimum atomic E-state index is 0.414. The van der Waals surface area contributed by atoms with Gasteiger partial charge in [-0.05, 0) is 56.7 Å². The Kier molecular flexibility index (Phi) is 5.09. The molecule has 1 atom stereocenters.